The largest absolute Gasteiger partial charge is 0.508 e. The van der Waals surface area contributed by atoms with E-state index in [1.807, 2.05) is 60.7 Å². The molecule has 2 N–H and O–H groups in total. The van der Waals surface area contributed by atoms with Crippen LogP contribution in [0.3, 0.4) is 0 Å². The lowest BCUT2D eigenvalue weighted by molar-refractivity contribution is -0.132. The molecule has 4 heteroatoms. The molecule has 6 rings (SSSR count). The van der Waals surface area contributed by atoms with E-state index in [1.165, 1.54) is 0 Å². The van der Waals surface area contributed by atoms with Crippen LogP contribution in [0, 0.1) is 0 Å². The van der Waals surface area contributed by atoms with E-state index in [0.717, 1.165) is 53.5 Å². The predicted octanol–water partition coefficient (Wildman–Crippen LogP) is 5.72. The molecular formula is C31H27NO3. The Morgan fingerprint density at radius 2 is 1.43 bits per heavy atom. The number of carbonyl (C=O) groups excluding carboxylic acids is 1. The molecule has 0 aromatic heterocycles. The van der Waals surface area contributed by atoms with Crippen LogP contribution in [-0.4, -0.2) is 16.1 Å². The van der Waals surface area contributed by atoms with Crippen LogP contribution in [0.15, 0.2) is 91.0 Å². The highest BCUT2D eigenvalue weighted by atomic mass is 16.3. The lowest BCUT2D eigenvalue weighted by atomic mass is 9.82. The molecule has 1 aliphatic heterocycles. The third kappa shape index (κ3) is 3.44. The Labute approximate surface area is 205 Å². The van der Waals surface area contributed by atoms with Crippen LogP contribution in [-0.2, 0) is 29.8 Å². The number of carbonyl (C=O) groups is 1. The summed E-state index contributed by atoms with van der Waals surface area (Å²) in [5, 5.41) is 23.0. The Balaban J connectivity index is 1.45. The molecule has 1 aliphatic carbocycles. The first-order valence-corrected chi connectivity index (χ1v) is 12.2. The number of amides is 1. The van der Waals surface area contributed by atoms with Gasteiger partial charge in [-0.1, -0.05) is 72.8 Å². The van der Waals surface area contributed by atoms with E-state index in [9.17, 15) is 15.0 Å². The highest BCUT2D eigenvalue weighted by Crippen LogP contribution is 2.48. The van der Waals surface area contributed by atoms with Crippen molar-refractivity contribution in [1.29, 1.82) is 0 Å². The van der Waals surface area contributed by atoms with Crippen LogP contribution in [0.5, 0.6) is 5.75 Å². The fourth-order valence-electron chi connectivity index (χ4n) is 5.64. The molecule has 1 unspecified atom stereocenters. The normalized spacial score (nSPS) is 18.9. The fourth-order valence-corrected chi connectivity index (χ4v) is 5.64. The van der Waals surface area contributed by atoms with Gasteiger partial charge in [-0.15, -0.1) is 0 Å². The van der Waals surface area contributed by atoms with Crippen molar-refractivity contribution < 1.29 is 15.0 Å². The lowest BCUT2D eigenvalue weighted by Gasteiger charge is -2.27. The molecule has 174 valence electrons. The van der Waals surface area contributed by atoms with Crippen LogP contribution in [0.4, 0.5) is 5.69 Å². The van der Waals surface area contributed by atoms with E-state index in [0.29, 0.717) is 17.8 Å². The molecule has 4 nitrogen and oxygen atoms in total. The van der Waals surface area contributed by atoms with Gasteiger partial charge in [0.1, 0.15) is 5.75 Å². The van der Waals surface area contributed by atoms with Crippen LogP contribution in [0.2, 0.25) is 0 Å². The van der Waals surface area contributed by atoms with Crippen molar-refractivity contribution in [2.45, 2.75) is 37.8 Å². The number of benzene rings is 4. The maximum absolute atomic E-state index is 14.0. The second-order valence-corrected chi connectivity index (χ2v) is 9.49. The number of phenolic OH excluding ortho intramolecular Hbond substituents is 1. The minimum Gasteiger partial charge on any atom is -0.508 e. The molecule has 4 aromatic rings. The van der Waals surface area contributed by atoms with Crippen molar-refractivity contribution in [3.63, 3.8) is 0 Å². The third-order valence-electron chi connectivity index (χ3n) is 7.42. The van der Waals surface area contributed by atoms with Gasteiger partial charge in [-0.3, -0.25) is 4.79 Å². The smallest absolute Gasteiger partial charge is 0.268 e. The molecule has 1 heterocycles. The first kappa shape index (κ1) is 21.6. The second kappa shape index (κ2) is 8.40. The predicted molar refractivity (Wildman–Crippen MR) is 137 cm³/mol. The van der Waals surface area contributed by atoms with E-state index < -0.39 is 11.5 Å². The molecule has 1 atom stereocenters. The summed E-state index contributed by atoms with van der Waals surface area (Å²) in [5.41, 5.74) is 4.83. The molecule has 0 saturated heterocycles. The summed E-state index contributed by atoms with van der Waals surface area (Å²) in [6, 6.07) is 29.1. The number of para-hydroxylation sites is 1. The number of nitrogens with zero attached hydrogens (tertiary/aromatic N) is 1. The number of aryl methyl sites for hydroxylation is 2. The van der Waals surface area contributed by atoms with Crippen LogP contribution < -0.4 is 4.90 Å². The summed E-state index contributed by atoms with van der Waals surface area (Å²) >= 11 is 0. The van der Waals surface area contributed by atoms with Crippen LogP contribution in [0.1, 0.15) is 40.7 Å². The molecule has 0 saturated carbocycles. The van der Waals surface area contributed by atoms with Gasteiger partial charge >= 0.3 is 0 Å². The van der Waals surface area contributed by atoms with Crippen LogP contribution in [0.25, 0.3) is 11.1 Å². The Morgan fingerprint density at radius 1 is 0.771 bits per heavy atom. The van der Waals surface area contributed by atoms with E-state index in [1.54, 1.807) is 17.0 Å². The number of hydrogen-bond acceptors (Lipinski definition) is 3. The summed E-state index contributed by atoms with van der Waals surface area (Å²) in [6.07, 6.45) is 3.96. The number of hydrogen-bond donors (Lipinski definition) is 2. The molecule has 2 aliphatic rings. The maximum atomic E-state index is 14.0. The molecule has 35 heavy (non-hydrogen) atoms. The van der Waals surface area contributed by atoms with E-state index in [2.05, 4.69) is 18.2 Å². The van der Waals surface area contributed by atoms with Crippen molar-refractivity contribution in [1.82, 2.24) is 0 Å². The Kier molecular flexibility index (Phi) is 5.19. The zero-order valence-electron chi connectivity index (χ0n) is 19.4. The van der Waals surface area contributed by atoms with Gasteiger partial charge in [-0.2, -0.15) is 0 Å². The zero-order valence-corrected chi connectivity index (χ0v) is 19.4. The number of fused-ring (bicyclic) bond motifs is 2. The first-order valence-electron chi connectivity index (χ1n) is 12.2. The van der Waals surface area contributed by atoms with Gasteiger partial charge < -0.3 is 15.1 Å². The average Bonchev–Trinajstić information content (AvgIpc) is 3.11. The van der Waals surface area contributed by atoms with Gasteiger partial charge in [0.25, 0.3) is 5.91 Å². The number of anilines is 1. The molecule has 0 spiro atoms. The summed E-state index contributed by atoms with van der Waals surface area (Å²) in [4.78, 5) is 15.7. The summed E-state index contributed by atoms with van der Waals surface area (Å²) < 4.78 is 0. The SMILES string of the molecule is O=C1N(Cc2ccccc2-c2ccccc2)c2ccccc2C1(O)c1cc2c(cc1O)CCCC2. The molecule has 1 amide bonds. The van der Waals surface area contributed by atoms with Crippen molar-refractivity contribution >= 4 is 11.6 Å². The zero-order chi connectivity index (χ0) is 24.0. The van der Waals surface area contributed by atoms with Crippen LogP contribution >= 0.6 is 0 Å². The van der Waals surface area contributed by atoms with Gasteiger partial charge in [0.15, 0.2) is 5.60 Å². The minimum absolute atomic E-state index is 0.0251. The average molecular weight is 462 g/mol. The van der Waals surface area contributed by atoms with Gasteiger partial charge in [0.05, 0.1) is 12.2 Å². The lowest BCUT2D eigenvalue weighted by Crippen LogP contribution is -2.41. The summed E-state index contributed by atoms with van der Waals surface area (Å²) in [5.74, 6) is -0.463. The van der Waals surface area contributed by atoms with Gasteiger partial charge in [0.2, 0.25) is 0 Å². The molecule has 0 bridgehead atoms. The topological polar surface area (TPSA) is 60.8 Å². The fraction of sp³-hybridized carbons (Fsp3) is 0.194. The third-order valence-corrected chi connectivity index (χ3v) is 7.42. The molecule has 0 radical (unpaired) electrons. The number of phenols is 1. The number of rotatable bonds is 4. The van der Waals surface area contributed by atoms with E-state index >= 15 is 0 Å². The molecule has 4 aromatic carbocycles. The van der Waals surface area contributed by atoms with E-state index in [4.69, 9.17) is 0 Å². The quantitative estimate of drug-likeness (QED) is 0.409. The first-order chi connectivity index (χ1) is 17.1. The maximum Gasteiger partial charge on any atom is 0.268 e. The summed E-state index contributed by atoms with van der Waals surface area (Å²) in [6.45, 7) is 0.314. The molecule has 0 fully saturated rings. The number of aliphatic hydroxyl groups is 1. The Morgan fingerprint density at radius 3 is 2.23 bits per heavy atom. The Hall–Kier alpha value is -3.89. The highest BCUT2D eigenvalue weighted by molar-refractivity contribution is 6.09. The number of aromatic hydroxyl groups is 1. The van der Waals surface area contributed by atoms with Gasteiger partial charge in [-0.25, -0.2) is 0 Å². The minimum atomic E-state index is -1.94. The Bertz CT molecular complexity index is 1430. The second-order valence-electron chi connectivity index (χ2n) is 9.49. The van der Waals surface area contributed by atoms with Gasteiger partial charge in [0, 0.05) is 11.1 Å². The summed E-state index contributed by atoms with van der Waals surface area (Å²) in [7, 11) is 0. The highest BCUT2D eigenvalue weighted by Gasteiger charge is 2.52. The van der Waals surface area contributed by atoms with Crippen molar-refractivity contribution in [2.24, 2.45) is 0 Å². The standard InChI is InChI=1S/C31H27NO3/c33-29-19-23-13-5-4-12-22(23)18-27(29)31(35)26-16-8-9-17-28(26)32(30(31)34)20-24-14-6-7-15-25(24)21-10-2-1-3-11-21/h1-3,6-11,14-19,33,35H,4-5,12-13,20H2. The van der Waals surface area contributed by atoms with E-state index in [-0.39, 0.29) is 11.3 Å². The monoisotopic (exact) mass is 461 g/mol. The van der Waals surface area contributed by atoms with Crippen molar-refractivity contribution in [3.8, 4) is 16.9 Å². The van der Waals surface area contributed by atoms with Crippen molar-refractivity contribution in [2.75, 3.05) is 4.90 Å². The van der Waals surface area contributed by atoms with Gasteiger partial charge in [-0.05, 0) is 71.7 Å². The molecular weight excluding hydrogens is 434 g/mol. The van der Waals surface area contributed by atoms with Crippen molar-refractivity contribution in [3.05, 3.63) is 119 Å².